The lowest BCUT2D eigenvalue weighted by molar-refractivity contribution is -0.134. The summed E-state index contributed by atoms with van der Waals surface area (Å²) in [7, 11) is 0. The molecule has 0 saturated heterocycles. The van der Waals surface area contributed by atoms with Crippen molar-refractivity contribution in [2.24, 2.45) is 0 Å². The first-order valence-electron chi connectivity index (χ1n) is 11.6. The highest BCUT2D eigenvalue weighted by Crippen LogP contribution is 2.26. The number of amides is 2. The first-order valence-corrected chi connectivity index (χ1v) is 11.6. The van der Waals surface area contributed by atoms with Crippen molar-refractivity contribution < 1.29 is 9.59 Å². The lowest BCUT2D eigenvalue weighted by Crippen LogP contribution is -2.38. The Kier molecular flexibility index (Phi) is 8.04. The number of para-hydroxylation sites is 1. The molecule has 6 nitrogen and oxygen atoms in total. The van der Waals surface area contributed by atoms with Crippen LogP contribution in [0.2, 0.25) is 0 Å². The highest BCUT2D eigenvalue weighted by atomic mass is 16.2. The third kappa shape index (κ3) is 6.78. The van der Waals surface area contributed by atoms with E-state index >= 15 is 0 Å². The molecule has 1 N–H and O–H groups in total. The van der Waals surface area contributed by atoms with Gasteiger partial charge in [0, 0.05) is 24.4 Å². The normalized spacial score (nSPS) is 11.3. The predicted octanol–water partition coefficient (Wildman–Crippen LogP) is 4.98. The van der Waals surface area contributed by atoms with E-state index in [1.807, 2.05) is 73.7 Å². The van der Waals surface area contributed by atoms with Crippen molar-refractivity contribution in [3.05, 3.63) is 78.0 Å². The van der Waals surface area contributed by atoms with Gasteiger partial charge >= 0.3 is 0 Å². The number of nitrogens with one attached hydrogen (secondary N) is 1. The fourth-order valence-electron chi connectivity index (χ4n) is 3.57. The molecule has 0 bridgehead atoms. The molecular formula is C27H34N4O2. The van der Waals surface area contributed by atoms with Gasteiger partial charge in [-0.15, -0.1) is 0 Å². The van der Waals surface area contributed by atoms with Crippen LogP contribution < -0.4 is 5.32 Å². The highest BCUT2D eigenvalue weighted by molar-refractivity contribution is 5.94. The molecule has 33 heavy (non-hydrogen) atoms. The minimum atomic E-state index is -0.228. The van der Waals surface area contributed by atoms with Gasteiger partial charge < -0.3 is 10.2 Å². The molecule has 2 aromatic carbocycles. The number of hydrogen-bond donors (Lipinski definition) is 1. The molecule has 0 spiro atoms. The van der Waals surface area contributed by atoms with Gasteiger partial charge in [-0.25, -0.2) is 4.68 Å². The van der Waals surface area contributed by atoms with Crippen LogP contribution in [0.4, 0.5) is 5.82 Å². The summed E-state index contributed by atoms with van der Waals surface area (Å²) < 4.78 is 1.75. The average molecular weight is 447 g/mol. The van der Waals surface area contributed by atoms with Gasteiger partial charge in [0.1, 0.15) is 5.82 Å². The average Bonchev–Trinajstić information content (AvgIpc) is 3.22. The van der Waals surface area contributed by atoms with Crippen molar-refractivity contribution in [2.45, 2.75) is 52.4 Å². The maximum absolute atomic E-state index is 13.0. The maximum atomic E-state index is 13.0. The van der Waals surface area contributed by atoms with E-state index < -0.39 is 0 Å². The lowest BCUT2D eigenvalue weighted by Gasteiger charge is -2.22. The van der Waals surface area contributed by atoms with Crippen LogP contribution in [0.1, 0.15) is 51.8 Å². The smallest absolute Gasteiger partial charge is 0.245 e. The number of anilines is 1. The van der Waals surface area contributed by atoms with Gasteiger partial charge in [-0.1, -0.05) is 76.2 Å². The van der Waals surface area contributed by atoms with Crippen LogP contribution in [0.25, 0.3) is 5.69 Å². The summed E-state index contributed by atoms with van der Waals surface area (Å²) in [6.07, 6.45) is 1.84. The second-order valence-electron chi connectivity index (χ2n) is 9.26. The molecule has 0 aliphatic carbocycles. The van der Waals surface area contributed by atoms with Crippen molar-refractivity contribution in [1.29, 1.82) is 0 Å². The zero-order valence-corrected chi connectivity index (χ0v) is 20.0. The zero-order chi connectivity index (χ0) is 23.8. The number of aromatic nitrogens is 2. The predicted molar refractivity (Wildman–Crippen MR) is 133 cm³/mol. The van der Waals surface area contributed by atoms with Crippen LogP contribution in [0.15, 0.2) is 66.7 Å². The summed E-state index contributed by atoms with van der Waals surface area (Å²) in [5, 5.41) is 7.73. The van der Waals surface area contributed by atoms with Crippen molar-refractivity contribution in [1.82, 2.24) is 14.7 Å². The van der Waals surface area contributed by atoms with E-state index in [9.17, 15) is 9.59 Å². The van der Waals surface area contributed by atoms with Gasteiger partial charge in [-0.2, -0.15) is 5.10 Å². The summed E-state index contributed by atoms with van der Waals surface area (Å²) in [6.45, 7) is 8.84. The standard InChI is InChI=1S/C27H34N4O2/c1-5-18-30(26(33)17-16-21-12-8-6-9-13-21)20-25(32)28-24-19-23(27(2,3)4)29-31(24)22-14-10-7-11-15-22/h6-15,19H,5,16-18,20H2,1-4H3,(H,28,32). The molecule has 0 aliphatic heterocycles. The molecule has 0 aliphatic rings. The highest BCUT2D eigenvalue weighted by Gasteiger charge is 2.23. The SMILES string of the molecule is CCCN(CC(=O)Nc1cc(C(C)(C)C)nn1-c1ccccc1)C(=O)CCc1ccccc1. The Bertz CT molecular complexity index is 1050. The van der Waals surface area contributed by atoms with Crippen LogP contribution >= 0.6 is 0 Å². The topological polar surface area (TPSA) is 67.2 Å². The Hall–Kier alpha value is -3.41. The molecule has 0 saturated carbocycles. The summed E-state index contributed by atoms with van der Waals surface area (Å²) in [6, 6.07) is 21.6. The molecule has 0 radical (unpaired) electrons. The molecule has 2 amide bonds. The summed E-state index contributed by atoms with van der Waals surface area (Å²) in [5.41, 5.74) is 2.70. The lowest BCUT2D eigenvalue weighted by atomic mass is 9.92. The minimum absolute atomic E-state index is 0.0113. The molecule has 3 rings (SSSR count). The number of nitrogens with zero attached hydrogens (tertiary/aromatic N) is 3. The molecule has 1 aromatic heterocycles. The third-order valence-electron chi connectivity index (χ3n) is 5.40. The van der Waals surface area contributed by atoms with Crippen molar-refractivity contribution in [2.75, 3.05) is 18.4 Å². The van der Waals surface area contributed by atoms with E-state index in [1.165, 1.54) is 0 Å². The first kappa shape index (κ1) is 24.2. The van der Waals surface area contributed by atoms with E-state index in [0.29, 0.717) is 25.2 Å². The molecule has 1 heterocycles. The van der Waals surface area contributed by atoms with E-state index in [4.69, 9.17) is 5.10 Å². The Morgan fingerprint density at radius 2 is 1.64 bits per heavy atom. The van der Waals surface area contributed by atoms with E-state index in [0.717, 1.165) is 23.4 Å². The molecule has 174 valence electrons. The van der Waals surface area contributed by atoms with Crippen LogP contribution in [-0.4, -0.2) is 39.6 Å². The van der Waals surface area contributed by atoms with Crippen LogP contribution in [-0.2, 0) is 21.4 Å². The molecular weight excluding hydrogens is 412 g/mol. The molecule has 6 heteroatoms. The number of aryl methyl sites for hydroxylation is 1. The van der Waals surface area contributed by atoms with E-state index in [1.54, 1.807) is 9.58 Å². The summed E-state index contributed by atoms with van der Waals surface area (Å²) in [4.78, 5) is 27.5. The van der Waals surface area contributed by atoms with Crippen LogP contribution in [0, 0.1) is 0 Å². The van der Waals surface area contributed by atoms with Gasteiger partial charge in [0.2, 0.25) is 11.8 Å². The molecule has 0 unspecified atom stereocenters. The number of benzene rings is 2. The molecule has 0 atom stereocenters. The van der Waals surface area contributed by atoms with Crippen LogP contribution in [0.5, 0.6) is 0 Å². The number of carbonyl (C=O) groups is 2. The van der Waals surface area contributed by atoms with Gasteiger partial charge in [-0.05, 0) is 30.5 Å². The second-order valence-corrected chi connectivity index (χ2v) is 9.26. The first-order chi connectivity index (χ1) is 15.8. The van der Waals surface area contributed by atoms with E-state index in [-0.39, 0.29) is 23.8 Å². The fraction of sp³-hybridized carbons (Fsp3) is 0.370. The van der Waals surface area contributed by atoms with Gasteiger partial charge in [0.25, 0.3) is 0 Å². The summed E-state index contributed by atoms with van der Waals surface area (Å²) >= 11 is 0. The largest absolute Gasteiger partial charge is 0.333 e. The monoisotopic (exact) mass is 446 g/mol. The Balaban J connectivity index is 1.72. The van der Waals surface area contributed by atoms with E-state index in [2.05, 4.69) is 26.1 Å². The summed E-state index contributed by atoms with van der Waals surface area (Å²) in [5.74, 6) is 0.362. The van der Waals surface area contributed by atoms with Gasteiger partial charge in [0.05, 0.1) is 17.9 Å². The molecule has 0 fully saturated rings. The Morgan fingerprint density at radius 1 is 1.00 bits per heavy atom. The second kappa shape index (κ2) is 10.9. The number of rotatable bonds is 9. The number of hydrogen-bond acceptors (Lipinski definition) is 3. The van der Waals surface area contributed by atoms with Gasteiger partial charge in [0.15, 0.2) is 0 Å². The zero-order valence-electron chi connectivity index (χ0n) is 20.0. The van der Waals surface area contributed by atoms with Crippen molar-refractivity contribution >= 4 is 17.6 Å². The third-order valence-corrected chi connectivity index (χ3v) is 5.40. The fourth-order valence-corrected chi connectivity index (χ4v) is 3.57. The molecule has 3 aromatic rings. The Morgan fingerprint density at radius 3 is 2.24 bits per heavy atom. The van der Waals surface area contributed by atoms with Crippen molar-refractivity contribution in [3.63, 3.8) is 0 Å². The minimum Gasteiger partial charge on any atom is -0.333 e. The van der Waals surface area contributed by atoms with Crippen molar-refractivity contribution in [3.8, 4) is 5.69 Å². The number of carbonyl (C=O) groups excluding carboxylic acids is 2. The maximum Gasteiger partial charge on any atom is 0.245 e. The quantitative estimate of drug-likeness (QED) is 0.504. The van der Waals surface area contributed by atoms with Gasteiger partial charge in [-0.3, -0.25) is 9.59 Å². The van der Waals surface area contributed by atoms with Crippen LogP contribution in [0.3, 0.4) is 0 Å². The Labute approximate surface area is 196 Å².